The predicted molar refractivity (Wildman–Crippen MR) is 55.1 cm³/mol. The molecule has 0 fully saturated rings. The van der Waals surface area contributed by atoms with Crippen LogP contribution in [0.5, 0.6) is 0 Å². The molecule has 0 aromatic carbocycles. The highest BCUT2D eigenvalue weighted by Crippen LogP contribution is 2.38. The Bertz CT molecular complexity index is 244. The molecule has 0 heterocycles. The first-order valence-corrected chi connectivity index (χ1v) is 4.93. The number of hydrogen-bond acceptors (Lipinski definition) is 1. The molecule has 0 aromatic rings. The number of rotatable bonds is 3. The van der Waals surface area contributed by atoms with Gasteiger partial charge in [-0.05, 0) is 31.6 Å². The second kappa shape index (κ2) is 4.48. The zero-order valence-corrected chi connectivity index (χ0v) is 8.51. The molecule has 1 N–H and O–H groups in total. The van der Waals surface area contributed by atoms with Crippen LogP contribution in [0.15, 0.2) is 11.1 Å². The summed E-state index contributed by atoms with van der Waals surface area (Å²) in [6, 6.07) is 0. The van der Waals surface area contributed by atoms with Gasteiger partial charge in [-0.3, -0.25) is 0 Å². The zero-order valence-electron chi connectivity index (χ0n) is 8.51. The standard InChI is InChI=1S/C12H18O/c1-4-5-11-9(2)6-7-12(11)10(3)8-13/h1,10,12-13H,5-8H2,2-3H3. The van der Waals surface area contributed by atoms with Crippen LogP contribution in [-0.2, 0) is 0 Å². The monoisotopic (exact) mass is 178 g/mol. The summed E-state index contributed by atoms with van der Waals surface area (Å²) in [7, 11) is 0. The van der Waals surface area contributed by atoms with E-state index in [0.29, 0.717) is 11.8 Å². The summed E-state index contributed by atoms with van der Waals surface area (Å²) in [6.07, 6.45) is 8.42. The third-order valence-electron chi connectivity index (χ3n) is 3.09. The Balaban J connectivity index is 2.73. The second-order valence-electron chi connectivity index (χ2n) is 3.99. The van der Waals surface area contributed by atoms with E-state index in [2.05, 4.69) is 19.8 Å². The van der Waals surface area contributed by atoms with E-state index >= 15 is 0 Å². The Kier molecular flexibility index (Phi) is 3.57. The van der Waals surface area contributed by atoms with Gasteiger partial charge in [-0.1, -0.05) is 18.1 Å². The molecule has 72 valence electrons. The minimum absolute atomic E-state index is 0.270. The maximum atomic E-state index is 9.09. The lowest BCUT2D eigenvalue weighted by Crippen LogP contribution is -2.14. The highest BCUT2D eigenvalue weighted by Gasteiger charge is 2.26. The van der Waals surface area contributed by atoms with Crippen LogP contribution in [0.1, 0.15) is 33.1 Å². The third kappa shape index (κ3) is 2.14. The van der Waals surface area contributed by atoms with Crippen molar-refractivity contribution in [3.63, 3.8) is 0 Å². The summed E-state index contributed by atoms with van der Waals surface area (Å²) in [5.41, 5.74) is 2.85. The topological polar surface area (TPSA) is 20.2 Å². The molecule has 0 bridgehead atoms. The molecule has 0 amide bonds. The SMILES string of the molecule is C#CCC1=C(C)CCC1C(C)CO. The summed E-state index contributed by atoms with van der Waals surface area (Å²) in [5.74, 6) is 3.60. The quantitative estimate of drug-likeness (QED) is 0.519. The number of hydrogen-bond donors (Lipinski definition) is 1. The summed E-state index contributed by atoms with van der Waals surface area (Å²) >= 11 is 0. The highest BCUT2D eigenvalue weighted by atomic mass is 16.3. The fraction of sp³-hybridized carbons (Fsp3) is 0.667. The Hall–Kier alpha value is -0.740. The summed E-state index contributed by atoms with van der Waals surface area (Å²) in [6.45, 7) is 4.53. The molecule has 1 heteroatoms. The van der Waals surface area contributed by atoms with E-state index in [0.717, 1.165) is 12.8 Å². The summed E-state index contributed by atoms with van der Waals surface area (Å²) in [4.78, 5) is 0. The van der Waals surface area contributed by atoms with E-state index in [-0.39, 0.29) is 6.61 Å². The number of aliphatic hydroxyl groups excluding tert-OH is 1. The van der Waals surface area contributed by atoms with Crippen LogP contribution in [0.25, 0.3) is 0 Å². The number of terminal acetylenes is 1. The van der Waals surface area contributed by atoms with Gasteiger partial charge in [0.25, 0.3) is 0 Å². The summed E-state index contributed by atoms with van der Waals surface area (Å²) in [5, 5.41) is 9.09. The first-order valence-electron chi connectivity index (χ1n) is 4.93. The van der Waals surface area contributed by atoms with Crippen molar-refractivity contribution in [3.05, 3.63) is 11.1 Å². The average molecular weight is 178 g/mol. The molecule has 1 nitrogen and oxygen atoms in total. The van der Waals surface area contributed by atoms with Crippen molar-refractivity contribution in [2.45, 2.75) is 33.1 Å². The lowest BCUT2D eigenvalue weighted by atomic mass is 9.87. The third-order valence-corrected chi connectivity index (χ3v) is 3.09. The van der Waals surface area contributed by atoms with Gasteiger partial charge in [0.1, 0.15) is 0 Å². The lowest BCUT2D eigenvalue weighted by molar-refractivity contribution is 0.201. The molecule has 2 atom stereocenters. The maximum Gasteiger partial charge on any atom is 0.0462 e. The molecule has 0 saturated carbocycles. The van der Waals surface area contributed by atoms with Gasteiger partial charge in [-0.25, -0.2) is 0 Å². The maximum absolute atomic E-state index is 9.09. The van der Waals surface area contributed by atoms with Crippen molar-refractivity contribution < 1.29 is 5.11 Å². The molecule has 0 aliphatic heterocycles. The molecule has 0 saturated heterocycles. The molecular weight excluding hydrogens is 160 g/mol. The smallest absolute Gasteiger partial charge is 0.0462 e. The molecule has 0 spiro atoms. The van der Waals surface area contributed by atoms with Crippen LogP contribution in [-0.4, -0.2) is 11.7 Å². The van der Waals surface area contributed by atoms with E-state index in [1.165, 1.54) is 17.6 Å². The largest absolute Gasteiger partial charge is 0.396 e. The Morgan fingerprint density at radius 2 is 2.38 bits per heavy atom. The molecule has 0 radical (unpaired) electrons. The average Bonchev–Trinajstić information content (AvgIpc) is 2.48. The van der Waals surface area contributed by atoms with Crippen LogP contribution in [0, 0.1) is 24.2 Å². The van der Waals surface area contributed by atoms with Crippen LogP contribution in [0.3, 0.4) is 0 Å². The molecule has 0 aromatic heterocycles. The van der Waals surface area contributed by atoms with Gasteiger partial charge in [0.2, 0.25) is 0 Å². The van der Waals surface area contributed by atoms with Gasteiger partial charge in [0.05, 0.1) is 0 Å². The first-order chi connectivity index (χ1) is 6.20. The molecule has 1 rings (SSSR count). The van der Waals surface area contributed by atoms with E-state index in [1.807, 2.05) is 0 Å². The van der Waals surface area contributed by atoms with Crippen molar-refractivity contribution in [1.29, 1.82) is 0 Å². The fourth-order valence-electron chi connectivity index (χ4n) is 2.17. The fourth-order valence-corrected chi connectivity index (χ4v) is 2.17. The zero-order chi connectivity index (χ0) is 9.84. The number of aliphatic hydroxyl groups is 1. The Morgan fingerprint density at radius 1 is 1.69 bits per heavy atom. The van der Waals surface area contributed by atoms with E-state index in [9.17, 15) is 0 Å². The Labute approximate surface area is 80.9 Å². The van der Waals surface area contributed by atoms with Gasteiger partial charge in [0, 0.05) is 13.0 Å². The van der Waals surface area contributed by atoms with E-state index in [4.69, 9.17) is 11.5 Å². The lowest BCUT2D eigenvalue weighted by Gasteiger charge is -2.19. The molecule has 2 unspecified atom stereocenters. The van der Waals surface area contributed by atoms with Crippen LogP contribution >= 0.6 is 0 Å². The van der Waals surface area contributed by atoms with Crippen LogP contribution in [0.4, 0.5) is 0 Å². The van der Waals surface area contributed by atoms with E-state index < -0.39 is 0 Å². The van der Waals surface area contributed by atoms with Gasteiger partial charge in [-0.15, -0.1) is 12.3 Å². The van der Waals surface area contributed by atoms with Crippen LogP contribution < -0.4 is 0 Å². The van der Waals surface area contributed by atoms with Gasteiger partial charge >= 0.3 is 0 Å². The number of allylic oxidation sites excluding steroid dienone is 2. The minimum atomic E-state index is 0.270. The van der Waals surface area contributed by atoms with Gasteiger partial charge in [0.15, 0.2) is 0 Å². The van der Waals surface area contributed by atoms with E-state index in [1.54, 1.807) is 0 Å². The Morgan fingerprint density at radius 3 is 2.92 bits per heavy atom. The van der Waals surface area contributed by atoms with Crippen molar-refractivity contribution >= 4 is 0 Å². The highest BCUT2D eigenvalue weighted by molar-refractivity contribution is 5.25. The molecule has 13 heavy (non-hydrogen) atoms. The van der Waals surface area contributed by atoms with Crippen molar-refractivity contribution in [2.75, 3.05) is 6.61 Å². The normalized spacial score (nSPS) is 24.6. The van der Waals surface area contributed by atoms with Crippen LogP contribution in [0.2, 0.25) is 0 Å². The van der Waals surface area contributed by atoms with Crippen molar-refractivity contribution in [2.24, 2.45) is 11.8 Å². The minimum Gasteiger partial charge on any atom is -0.396 e. The predicted octanol–water partition coefficient (Wildman–Crippen LogP) is 2.36. The summed E-state index contributed by atoms with van der Waals surface area (Å²) < 4.78 is 0. The molecular formula is C12H18O. The first kappa shape index (κ1) is 10.3. The molecule has 1 aliphatic carbocycles. The molecule has 1 aliphatic rings. The van der Waals surface area contributed by atoms with Crippen molar-refractivity contribution in [3.8, 4) is 12.3 Å². The van der Waals surface area contributed by atoms with Gasteiger partial charge in [-0.2, -0.15) is 0 Å². The second-order valence-corrected chi connectivity index (χ2v) is 3.99. The van der Waals surface area contributed by atoms with Crippen molar-refractivity contribution in [1.82, 2.24) is 0 Å². The van der Waals surface area contributed by atoms with Gasteiger partial charge < -0.3 is 5.11 Å².